The zero-order valence-corrected chi connectivity index (χ0v) is 13.7. The molecule has 0 radical (unpaired) electrons. The summed E-state index contributed by atoms with van der Waals surface area (Å²) in [6.07, 6.45) is 4.43. The maximum absolute atomic E-state index is 12.5. The first kappa shape index (κ1) is 15.8. The molecule has 2 aliphatic heterocycles. The summed E-state index contributed by atoms with van der Waals surface area (Å²) in [4.78, 5) is 27.4. The molecule has 2 aliphatic rings. The van der Waals surface area contributed by atoms with Crippen molar-refractivity contribution in [2.45, 2.75) is 31.7 Å². The number of aryl methyl sites for hydroxylation is 1. The van der Waals surface area contributed by atoms with Crippen LogP contribution in [0.3, 0.4) is 0 Å². The molecular weight excluding hydrogens is 290 g/mol. The van der Waals surface area contributed by atoms with Crippen molar-refractivity contribution in [1.29, 1.82) is 0 Å². The molecular formula is C18H25N3O2. The lowest BCUT2D eigenvalue weighted by Crippen LogP contribution is -2.48. The van der Waals surface area contributed by atoms with Crippen molar-refractivity contribution in [2.24, 2.45) is 5.92 Å². The first-order chi connectivity index (χ1) is 11.1. The number of benzene rings is 1. The number of likely N-dealkylation sites (tertiary alicyclic amines) is 1. The number of hydrogen-bond acceptors (Lipinski definition) is 2. The van der Waals surface area contributed by atoms with E-state index < -0.39 is 0 Å². The van der Waals surface area contributed by atoms with Crippen LogP contribution in [-0.4, -0.2) is 54.5 Å². The molecule has 1 aromatic carbocycles. The molecule has 0 spiro atoms. The van der Waals surface area contributed by atoms with Gasteiger partial charge >= 0.3 is 6.03 Å². The van der Waals surface area contributed by atoms with Crippen LogP contribution in [0.4, 0.5) is 4.79 Å². The maximum Gasteiger partial charge on any atom is 0.317 e. The summed E-state index contributed by atoms with van der Waals surface area (Å²) in [5.41, 5.74) is 1.39. The van der Waals surface area contributed by atoms with Gasteiger partial charge in [-0.15, -0.1) is 0 Å². The highest BCUT2D eigenvalue weighted by atomic mass is 16.2. The van der Waals surface area contributed by atoms with E-state index >= 15 is 0 Å². The standard InChI is InChI=1S/C18H25N3O2/c1-20-13-16(19-18(20)23)17(22)21-11-9-15(10-12-21)8-7-14-5-3-2-4-6-14/h2-6,15-16H,7-13H2,1H3,(H,19,23)/t16-/m1/s1. The number of likely N-dealkylation sites (N-methyl/N-ethyl adjacent to an activating group) is 1. The number of amides is 3. The highest BCUT2D eigenvalue weighted by Gasteiger charge is 2.35. The van der Waals surface area contributed by atoms with E-state index in [-0.39, 0.29) is 18.0 Å². The quantitative estimate of drug-likeness (QED) is 0.922. The number of urea groups is 1. The Morgan fingerprint density at radius 1 is 1.22 bits per heavy atom. The molecule has 5 heteroatoms. The van der Waals surface area contributed by atoms with E-state index in [1.807, 2.05) is 11.0 Å². The van der Waals surface area contributed by atoms with Crippen LogP contribution in [0.25, 0.3) is 0 Å². The lowest BCUT2D eigenvalue weighted by molar-refractivity contribution is -0.134. The van der Waals surface area contributed by atoms with Gasteiger partial charge in [0, 0.05) is 20.1 Å². The van der Waals surface area contributed by atoms with Crippen LogP contribution in [0.15, 0.2) is 30.3 Å². The fraction of sp³-hybridized carbons (Fsp3) is 0.556. The van der Waals surface area contributed by atoms with E-state index in [9.17, 15) is 9.59 Å². The summed E-state index contributed by atoms with van der Waals surface area (Å²) < 4.78 is 0. The zero-order chi connectivity index (χ0) is 16.2. The van der Waals surface area contributed by atoms with Gasteiger partial charge in [0.1, 0.15) is 6.04 Å². The second-order valence-corrected chi connectivity index (χ2v) is 6.68. The Morgan fingerprint density at radius 2 is 1.91 bits per heavy atom. The van der Waals surface area contributed by atoms with E-state index in [0.29, 0.717) is 12.5 Å². The van der Waals surface area contributed by atoms with Crippen molar-refractivity contribution in [3.63, 3.8) is 0 Å². The van der Waals surface area contributed by atoms with Crippen LogP contribution in [-0.2, 0) is 11.2 Å². The van der Waals surface area contributed by atoms with Gasteiger partial charge in [-0.3, -0.25) is 4.79 Å². The average Bonchev–Trinajstić information content (AvgIpc) is 2.93. The molecule has 0 saturated carbocycles. The molecule has 1 atom stereocenters. The molecule has 3 amide bonds. The molecule has 0 aliphatic carbocycles. The highest BCUT2D eigenvalue weighted by Crippen LogP contribution is 2.23. The molecule has 1 aromatic rings. The Morgan fingerprint density at radius 3 is 2.52 bits per heavy atom. The third-order valence-corrected chi connectivity index (χ3v) is 5.01. The van der Waals surface area contributed by atoms with E-state index in [0.717, 1.165) is 32.4 Å². The number of rotatable bonds is 4. The second-order valence-electron chi connectivity index (χ2n) is 6.68. The molecule has 0 unspecified atom stereocenters. The first-order valence-corrected chi connectivity index (χ1v) is 8.48. The van der Waals surface area contributed by atoms with Crippen molar-refractivity contribution in [3.8, 4) is 0 Å². The number of piperidine rings is 1. The normalized spacial score (nSPS) is 22.3. The van der Waals surface area contributed by atoms with Gasteiger partial charge in [-0.1, -0.05) is 30.3 Å². The van der Waals surface area contributed by atoms with Crippen LogP contribution in [0.5, 0.6) is 0 Å². The zero-order valence-electron chi connectivity index (χ0n) is 13.7. The lowest BCUT2D eigenvalue weighted by Gasteiger charge is -2.33. The number of nitrogens with one attached hydrogen (secondary N) is 1. The fourth-order valence-corrected chi connectivity index (χ4v) is 3.48. The van der Waals surface area contributed by atoms with Gasteiger partial charge in [0.15, 0.2) is 0 Å². The third-order valence-electron chi connectivity index (χ3n) is 5.01. The first-order valence-electron chi connectivity index (χ1n) is 8.48. The van der Waals surface area contributed by atoms with Crippen molar-refractivity contribution < 1.29 is 9.59 Å². The summed E-state index contributed by atoms with van der Waals surface area (Å²) in [5, 5.41) is 2.75. The number of carbonyl (C=O) groups excluding carboxylic acids is 2. The minimum Gasteiger partial charge on any atom is -0.341 e. The Balaban J connectivity index is 1.43. The Kier molecular flexibility index (Phi) is 4.84. The van der Waals surface area contributed by atoms with Crippen molar-refractivity contribution in [3.05, 3.63) is 35.9 Å². The van der Waals surface area contributed by atoms with E-state index in [1.165, 1.54) is 12.0 Å². The van der Waals surface area contributed by atoms with Gasteiger partial charge in [0.05, 0.1) is 6.54 Å². The minimum atomic E-state index is -0.367. The summed E-state index contributed by atoms with van der Waals surface area (Å²) in [5.74, 6) is 0.768. The van der Waals surface area contributed by atoms with E-state index in [1.54, 1.807) is 11.9 Å². The van der Waals surface area contributed by atoms with Crippen molar-refractivity contribution in [2.75, 3.05) is 26.7 Å². The van der Waals surface area contributed by atoms with Crippen LogP contribution in [0.2, 0.25) is 0 Å². The van der Waals surface area contributed by atoms with Gasteiger partial charge < -0.3 is 15.1 Å². The van der Waals surface area contributed by atoms with Crippen LogP contribution < -0.4 is 5.32 Å². The lowest BCUT2D eigenvalue weighted by atomic mass is 9.90. The third kappa shape index (κ3) is 3.84. The molecule has 0 aromatic heterocycles. The number of hydrogen-bond donors (Lipinski definition) is 1. The molecule has 2 heterocycles. The summed E-state index contributed by atoms with van der Waals surface area (Å²) in [6.45, 7) is 2.11. The summed E-state index contributed by atoms with van der Waals surface area (Å²) in [7, 11) is 1.72. The predicted octanol–water partition coefficient (Wildman–Crippen LogP) is 1.88. The molecule has 2 fully saturated rings. The van der Waals surface area contributed by atoms with Gasteiger partial charge in [-0.2, -0.15) is 0 Å². The maximum atomic E-state index is 12.5. The highest BCUT2D eigenvalue weighted by molar-refractivity contribution is 5.90. The fourth-order valence-electron chi connectivity index (χ4n) is 3.48. The van der Waals surface area contributed by atoms with Gasteiger partial charge in [-0.05, 0) is 37.2 Å². The predicted molar refractivity (Wildman–Crippen MR) is 89.0 cm³/mol. The van der Waals surface area contributed by atoms with Crippen LogP contribution in [0.1, 0.15) is 24.8 Å². The molecule has 124 valence electrons. The monoisotopic (exact) mass is 315 g/mol. The Labute approximate surface area is 137 Å². The van der Waals surface area contributed by atoms with Gasteiger partial charge in [0.25, 0.3) is 0 Å². The van der Waals surface area contributed by atoms with Crippen LogP contribution >= 0.6 is 0 Å². The molecule has 23 heavy (non-hydrogen) atoms. The Hall–Kier alpha value is -2.04. The van der Waals surface area contributed by atoms with E-state index in [2.05, 4.69) is 29.6 Å². The van der Waals surface area contributed by atoms with Crippen molar-refractivity contribution >= 4 is 11.9 Å². The van der Waals surface area contributed by atoms with Crippen LogP contribution in [0, 0.1) is 5.92 Å². The smallest absolute Gasteiger partial charge is 0.317 e. The molecule has 2 saturated heterocycles. The van der Waals surface area contributed by atoms with Gasteiger partial charge in [-0.25, -0.2) is 4.79 Å². The SMILES string of the molecule is CN1C[C@H](C(=O)N2CCC(CCc3ccccc3)CC2)NC1=O. The summed E-state index contributed by atoms with van der Waals surface area (Å²) in [6, 6.07) is 10.1. The van der Waals surface area contributed by atoms with Gasteiger partial charge in [0.2, 0.25) is 5.91 Å². The molecule has 1 N–H and O–H groups in total. The largest absolute Gasteiger partial charge is 0.341 e. The number of carbonyl (C=O) groups is 2. The molecule has 5 nitrogen and oxygen atoms in total. The molecule has 3 rings (SSSR count). The van der Waals surface area contributed by atoms with E-state index in [4.69, 9.17) is 0 Å². The number of nitrogens with zero attached hydrogens (tertiary/aromatic N) is 2. The minimum absolute atomic E-state index is 0.0733. The van der Waals surface area contributed by atoms with Crippen molar-refractivity contribution in [1.82, 2.24) is 15.1 Å². The second kappa shape index (κ2) is 7.02. The Bertz CT molecular complexity index is 553. The average molecular weight is 315 g/mol. The molecule has 0 bridgehead atoms. The topological polar surface area (TPSA) is 52.7 Å². The summed E-state index contributed by atoms with van der Waals surface area (Å²) >= 11 is 0.